The average molecular weight is 298 g/mol. The highest BCUT2D eigenvalue weighted by Gasteiger charge is 2.46. The number of thioether (sulfide) groups is 1. The molecule has 1 amide bonds. The first-order valence-electron chi connectivity index (χ1n) is 8.29. The maximum absolute atomic E-state index is 12.8. The molecule has 4 heteroatoms. The van der Waals surface area contributed by atoms with E-state index in [0.29, 0.717) is 23.1 Å². The fraction of sp³-hybridized carbons (Fsp3) is 0.938. The molecule has 0 spiro atoms. The molecule has 0 aromatic heterocycles. The molecule has 1 aliphatic carbocycles. The lowest BCUT2D eigenvalue weighted by atomic mass is 10.0. The van der Waals surface area contributed by atoms with Gasteiger partial charge in [0.2, 0.25) is 5.91 Å². The Morgan fingerprint density at radius 3 is 2.70 bits per heavy atom. The van der Waals surface area contributed by atoms with Gasteiger partial charge in [-0.2, -0.15) is 11.8 Å². The highest BCUT2D eigenvalue weighted by atomic mass is 32.2. The molecule has 2 rings (SSSR count). The molecule has 4 unspecified atom stereocenters. The highest BCUT2D eigenvalue weighted by molar-refractivity contribution is 7.99. The highest BCUT2D eigenvalue weighted by Crippen LogP contribution is 2.37. The minimum absolute atomic E-state index is 0.0272. The van der Waals surface area contributed by atoms with E-state index < -0.39 is 0 Å². The number of hydrogen-bond donors (Lipinski definition) is 1. The smallest absolute Gasteiger partial charge is 0.241 e. The van der Waals surface area contributed by atoms with Gasteiger partial charge in [-0.05, 0) is 30.9 Å². The van der Waals surface area contributed by atoms with Gasteiger partial charge in [0.15, 0.2) is 0 Å². The van der Waals surface area contributed by atoms with Gasteiger partial charge in [0.25, 0.3) is 0 Å². The van der Waals surface area contributed by atoms with Crippen LogP contribution in [0.5, 0.6) is 0 Å². The van der Waals surface area contributed by atoms with Crippen molar-refractivity contribution >= 4 is 17.7 Å². The van der Waals surface area contributed by atoms with Gasteiger partial charge in [-0.1, -0.05) is 40.5 Å². The van der Waals surface area contributed by atoms with Crippen molar-refractivity contribution in [3.63, 3.8) is 0 Å². The molecule has 0 bridgehead atoms. The van der Waals surface area contributed by atoms with E-state index in [-0.39, 0.29) is 12.2 Å². The van der Waals surface area contributed by atoms with Gasteiger partial charge < -0.3 is 4.90 Å². The minimum atomic E-state index is 0.0272. The molecule has 1 heterocycles. The standard InChI is InChI=1S/C16H30N2OS/c1-5-8-14-17-15(11(3)4)16(19)18(14)12-9-7-10-13(12)20-6-2/h11-15,17H,5-10H2,1-4H3. The summed E-state index contributed by atoms with van der Waals surface area (Å²) in [5.74, 6) is 1.89. The minimum Gasteiger partial charge on any atom is -0.322 e. The lowest BCUT2D eigenvalue weighted by Crippen LogP contribution is -2.47. The summed E-state index contributed by atoms with van der Waals surface area (Å²) in [6, 6.07) is 0.486. The van der Waals surface area contributed by atoms with E-state index in [9.17, 15) is 4.79 Å². The Morgan fingerprint density at radius 1 is 1.35 bits per heavy atom. The molecular formula is C16H30N2OS. The van der Waals surface area contributed by atoms with Crippen molar-refractivity contribution in [2.45, 2.75) is 83.3 Å². The van der Waals surface area contributed by atoms with Gasteiger partial charge >= 0.3 is 0 Å². The van der Waals surface area contributed by atoms with E-state index in [2.05, 4.69) is 37.9 Å². The number of nitrogens with one attached hydrogen (secondary N) is 1. The molecule has 2 aliphatic rings. The summed E-state index contributed by atoms with van der Waals surface area (Å²) in [5, 5.41) is 4.25. The van der Waals surface area contributed by atoms with Gasteiger partial charge in [-0.25, -0.2) is 0 Å². The Morgan fingerprint density at radius 2 is 2.10 bits per heavy atom. The number of hydrogen-bond acceptors (Lipinski definition) is 3. The van der Waals surface area contributed by atoms with Crippen LogP contribution in [-0.2, 0) is 4.79 Å². The molecule has 1 saturated heterocycles. The van der Waals surface area contributed by atoms with Crippen molar-refractivity contribution in [2.75, 3.05) is 5.75 Å². The number of nitrogens with zero attached hydrogens (tertiary/aromatic N) is 1. The topological polar surface area (TPSA) is 32.3 Å². The summed E-state index contributed by atoms with van der Waals surface area (Å²) in [5.41, 5.74) is 0. The fourth-order valence-corrected chi connectivity index (χ4v) is 4.93. The van der Waals surface area contributed by atoms with Crippen LogP contribution < -0.4 is 5.32 Å². The van der Waals surface area contributed by atoms with E-state index in [1.165, 1.54) is 19.3 Å². The van der Waals surface area contributed by atoms with Crippen LogP contribution >= 0.6 is 11.8 Å². The van der Waals surface area contributed by atoms with Gasteiger partial charge in [0, 0.05) is 11.3 Å². The summed E-state index contributed by atoms with van der Waals surface area (Å²) < 4.78 is 0. The molecule has 1 saturated carbocycles. The lowest BCUT2D eigenvalue weighted by molar-refractivity contribution is -0.132. The van der Waals surface area contributed by atoms with Gasteiger partial charge in [-0.3, -0.25) is 10.1 Å². The molecule has 3 nitrogen and oxygen atoms in total. The predicted molar refractivity (Wildman–Crippen MR) is 86.9 cm³/mol. The van der Waals surface area contributed by atoms with E-state index in [4.69, 9.17) is 0 Å². The molecule has 0 aromatic carbocycles. The number of carbonyl (C=O) groups is 1. The van der Waals surface area contributed by atoms with Crippen LogP contribution in [0.15, 0.2) is 0 Å². The quantitative estimate of drug-likeness (QED) is 0.817. The van der Waals surface area contributed by atoms with Crippen molar-refractivity contribution in [1.82, 2.24) is 10.2 Å². The van der Waals surface area contributed by atoms with E-state index in [1.54, 1.807) is 0 Å². The van der Waals surface area contributed by atoms with Crippen LogP contribution in [0.4, 0.5) is 0 Å². The second-order valence-electron chi connectivity index (χ2n) is 6.43. The van der Waals surface area contributed by atoms with Crippen molar-refractivity contribution in [3.8, 4) is 0 Å². The van der Waals surface area contributed by atoms with Crippen LogP contribution in [0.2, 0.25) is 0 Å². The zero-order chi connectivity index (χ0) is 14.7. The van der Waals surface area contributed by atoms with Crippen LogP contribution in [0, 0.1) is 5.92 Å². The van der Waals surface area contributed by atoms with Gasteiger partial charge in [0.1, 0.15) is 0 Å². The largest absolute Gasteiger partial charge is 0.322 e. The maximum Gasteiger partial charge on any atom is 0.241 e. The Labute approximate surface area is 128 Å². The summed E-state index contributed by atoms with van der Waals surface area (Å²) >= 11 is 2.04. The molecule has 20 heavy (non-hydrogen) atoms. The molecule has 116 valence electrons. The SMILES string of the molecule is CCCC1NC(C(C)C)C(=O)N1C1CCCC1SCC. The third kappa shape index (κ3) is 3.16. The van der Waals surface area contributed by atoms with Crippen LogP contribution in [-0.4, -0.2) is 40.1 Å². The summed E-state index contributed by atoms with van der Waals surface area (Å²) in [4.78, 5) is 15.1. The first-order valence-corrected chi connectivity index (χ1v) is 9.34. The molecule has 1 aliphatic heterocycles. The molecule has 0 radical (unpaired) electrons. The van der Waals surface area contributed by atoms with Gasteiger partial charge in [0.05, 0.1) is 12.2 Å². The second kappa shape index (κ2) is 7.17. The third-order valence-electron chi connectivity index (χ3n) is 4.61. The zero-order valence-corrected chi connectivity index (χ0v) is 14.2. The van der Waals surface area contributed by atoms with E-state index in [1.807, 2.05) is 11.8 Å². The molecular weight excluding hydrogens is 268 g/mol. The van der Waals surface area contributed by atoms with Crippen molar-refractivity contribution in [1.29, 1.82) is 0 Å². The first-order chi connectivity index (χ1) is 9.60. The van der Waals surface area contributed by atoms with Crippen LogP contribution in [0.3, 0.4) is 0 Å². The van der Waals surface area contributed by atoms with Crippen LogP contribution in [0.1, 0.15) is 59.8 Å². The lowest BCUT2D eigenvalue weighted by Gasteiger charge is -2.33. The Kier molecular flexibility index (Phi) is 5.79. The van der Waals surface area contributed by atoms with E-state index in [0.717, 1.165) is 18.6 Å². The third-order valence-corrected chi connectivity index (χ3v) is 5.92. The molecule has 2 fully saturated rings. The Hall–Kier alpha value is -0.220. The fourth-order valence-electron chi connectivity index (χ4n) is 3.67. The number of amides is 1. The summed E-state index contributed by atoms with van der Waals surface area (Å²) in [6.45, 7) is 8.73. The Balaban J connectivity index is 2.15. The molecule has 1 N–H and O–H groups in total. The monoisotopic (exact) mass is 298 g/mol. The van der Waals surface area contributed by atoms with Crippen molar-refractivity contribution < 1.29 is 4.79 Å². The first kappa shape index (κ1) is 16.2. The van der Waals surface area contributed by atoms with Crippen molar-refractivity contribution in [2.24, 2.45) is 5.92 Å². The number of carbonyl (C=O) groups excluding carboxylic acids is 1. The predicted octanol–water partition coefficient (Wildman–Crippen LogP) is 3.24. The maximum atomic E-state index is 12.8. The normalized spacial score (nSPS) is 34.5. The van der Waals surface area contributed by atoms with Gasteiger partial charge in [-0.15, -0.1) is 0 Å². The van der Waals surface area contributed by atoms with Crippen molar-refractivity contribution in [3.05, 3.63) is 0 Å². The number of rotatable bonds is 6. The zero-order valence-electron chi connectivity index (χ0n) is 13.4. The van der Waals surface area contributed by atoms with E-state index >= 15 is 0 Å². The molecule has 4 atom stereocenters. The summed E-state index contributed by atoms with van der Waals surface area (Å²) in [7, 11) is 0. The molecule has 0 aromatic rings. The Bertz CT molecular complexity index is 334. The average Bonchev–Trinajstić information content (AvgIpc) is 2.95. The van der Waals surface area contributed by atoms with Crippen LogP contribution in [0.25, 0.3) is 0 Å². The second-order valence-corrected chi connectivity index (χ2v) is 7.95. The summed E-state index contributed by atoms with van der Waals surface area (Å²) in [6.07, 6.45) is 6.22.